The molecular weight excluding hydrogens is 262 g/mol. The number of hydrogen-bond acceptors (Lipinski definition) is 4. The van der Waals surface area contributed by atoms with Crippen molar-refractivity contribution in [2.75, 3.05) is 5.32 Å². The van der Waals surface area contributed by atoms with Crippen LogP contribution in [0.2, 0.25) is 0 Å². The second-order valence-electron chi connectivity index (χ2n) is 4.27. The van der Waals surface area contributed by atoms with Gasteiger partial charge < -0.3 is 15.5 Å². The third-order valence-electron chi connectivity index (χ3n) is 2.87. The van der Waals surface area contributed by atoms with E-state index < -0.39 is 17.6 Å². The van der Waals surface area contributed by atoms with Crippen molar-refractivity contribution < 1.29 is 19.8 Å². The Hall–Kier alpha value is -2.83. The highest BCUT2D eigenvalue weighted by molar-refractivity contribution is 6.07. The number of aromatic amines is 1. The number of aromatic carboxylic acids is 1. The van der Waals surface area contributed by atoms with Crippen LogP contribution in [0.5, 0.6) is 5.75 Å². The summed E-state index contributed by atoms with van der Waals surface area (Å²) in [6.07, 6.45) is 0. The molecule has 0 saturated carbocycles. The number of aryl methyl sites for hydroxylation is 2. The molecule has 7 nitrogen and oxygen atoms in total. The van der Waals surface area contributed by atoms with Gasteiger partial charge in [0, 0.05) is 5.69 Å². The van der Waals surface area contributed by atoms with Crippen LogP contribution in [-0.2, 0) is 0 Å². The molecule has 0 bridgehead atoms. The summed E-state index contributed by atoms with van der Waals surface area (Å²) >= 11 is 0. The molecule has 0 saturated heterocycles. The zero-order chi connectivity index (χ0) is 14.9. The first-order valence-electron chi connectivity index (χ1n) is 5.80. The number of nitrogens with one attached hydrogen (secondary N) is 2. The second kappa shape index (κ2) is 5.04. The standard InChI is InChI=1S/C13H13N3O4/c1-6-10(7(2)16-15-6)12(18)14-9-5-3-4-8(11(9)17)13(19)20/h3-5,17H,1-2H3,(H,14,18)(H,15,16)(H,19,20). The van der Waals surface area contributed by atoms with Gasteiger partial charge in [0.25, 0.3) is 5.91 Å². The van der Waals surface area contributed by atoms with Crippen molar-refractivity contribution >= 4 is 17.6 Å². The van der Waals surface area contributed by atoms with Gasteiger partial charge in [-0.15, -0.1) is 0 Å². The third kappa shape index (κ3) is 2.33. The molecule has 1 aromatic carbocycles. The molecule has 2 aromatic rings. The number of rotatable bonds is 3. The zero-order valence-electron chi connectivity index (χ0n) is 10.9. The summed E-state index contributed by atoms with van der Waals surface area (Å²) in [5, 5.41) is 27.8. The van der Waals surface area contributed by atoms with E-state index in [0.29, 0.717) is 17.0 Å². The predicted molar refractivity (Wildman–Crippen MR) is 71.1 cm³/mol. The molecule has 0 spiro atoms. The molecule has 0 atom stereocenters. The average molecular weight is 275 g/mol. The summed E-state index contributed by atoms with van der Waals surface area (Å²) in [4.78, 5) is 23.0. The van der Waals surface area contributed by atoms with Crippen molar-refractivity contribution in [3.63, 3.8) is 0 Å². The van der Waals surface area contributed by atoms with Gasteiger partial charge in [0.2, 0.25) is 0 Å². The van der Waals surface area contributed by atoms with Crippen LogP contribution < -0.4 is 5.32 Å². The van der Waals surface area contributed by atoms with Gasteiger partial charge in [-0.25, -0.2) is 4.79 Å². The van der Waals surface area contributed by atoms with Crippen LogP contribution in [-0.4, -0.2) is 32.3 Å². The second-order valence-corrected chi connectivity index (χ2v) is 4.27. The Balaban J connectivity index is 2.34. The molecule has 1 heterocycles. The minimum atomic E-state index is -1.27. The highest BCUT2D eigenvalue weighted by Crippen LogP contribution is 2.28. The third-order valence-corrected chi connectivity index (χ3v) is 2.87. The van der Waals surface area contributed by atoms with Crippen molar-refractivity contribution in [1.29, 1.82) is 0 Å². The molecule has 0 radical (unpaired) electrons. The van der Waals surface area contributed by atoms with E-state index in [1.807, 2.05) is 0 Å². The summed E-state index contributed by atoms with van der Waals surface area (Å²) in [6.45, 7) is 3.37. The van der Waals surface area contributed by atoms with Crippen molar-refractivity contribution in [2.24, 2.45) is 0 Å². The number of carboxylic acid groups (broad SMARTS) is 1. The van der Waals surface area contributed by atoms with Crippen molar-refractivity contribution in [3.8, 4) is 5.75 Å². The Bertz CT molecular complexity index is 671. The van der Waals surface area contributed by atoms with Crippen LogP contribution >= 0.6 is 0 Å². The minimum Gasteiger partial charge on any atom is -0.505 e. The SMILES string of the molecule is Cc1n[nH]c(C)c1C(=O)Nc1cccc(C(=O)O)c1O. The first-order valence-corrected chi connectivity index (χ1v) is 5.80. The maximum atomic E-state index is 12.1. The number of hydrogen-bond donors (Lipinski definition) is 4. The lowest BCUT2D eigenvalue weighted by Crippen LogP contribution is -2.14. The first-order chi connectivity index (χ1) is 9.41. The number of aromatic nitrogens is 2. The number of aromatic hydroxyl groups is 1. The Morgan fingerprint density at radius 3 is 2.55 bits per heavy atom. The predicted octanol–water partition coefficient (Wildman–Crippen LogP) is 1.68. The van der Waals surface area contributed by atoms with Gasteiger partial charge in [-0.1, -0.05) is 6.07 Å². The summed E-state index contributed by atoms with van der Waals surface area (Å²) in [5.41, 5.74) is 1.24. The van der Waals surface area contributed by atoms with E-state index in [0.717, 1.165) is 0 Å². The molecule has 0 fully saturated rings. The number of carbonyl (C=O) groups is 2. The van der Waals surface area contributed by atoms with Gasteiger partial charge >= 0.3 is 5.97 Å². The van der Waals surface area contributed by atoms with Gasteiger partial charge in [0.05, 0.1) is 16.9 Å². The molecule has 1 aromatic heterocycles. The molecule has 0 aliphatic rings. The molecule has 104 valence electrons. The summed E-state index contributed by atoms with van der Waals surface area (Å²) in [5.74, 6) is -2.21. The lowest BCUT2D eigenvalue weighted by molar-refractivity contribution is 0.0693. The molecular formula is C13H13N3O4. The van der Waals surface area contributed by atoms with E-state index in [1.165, 1.54) is 18.2 Å². The fourth-order valence-corrected chi connectivity index (χ4v) is 1.89. The largest absolute Gasteiger partial charge is 0.505 e. The number of amides is 1. The number of H-pyrrole nitrogens is 1. The van der Waals surface area contributed by atoms with Crippen LogP contribution in [0.1, 0.15) is 32.1 Å². The first kappa shape index (κ1) is 13.6. The smallest absolute Gasteiger partial charge is 0.339 e. The van der Waals surface area contributed by atoms with Crippen molar-refractivity contribution in [2.45, 2.75) is 13.8 Å². The van der Waals surface area contributed by atoms with E-state index in [4.69, 9.17) is 5.11 Å². The van der Waals surface area contributed by atoms with E-state index in [1.54, 1.807) is 13.8 Å². The number of nitrogens with zero attached hydrogens (tertiary/aromatic N) is 1. The van der Waals surface area contributed by atoms with Crippen molar-refractivity contribution in [1.82, 2.24) is 10.2 Å². The maximum absolute atomic E-state index is 12.1. The minimum absolute atomic E-state index is 0.0369. The fraction of sp³-hybridized carbons (Fsp3) is 0.154. The van der Waals surface area contributed by atoms with Gasteiger partial charge in [0.15, 0.2) is 5.75 Å². The Labute approximate surface area is 114 Å². The van der Waals surface area contributed by atoms with Gasteiger partial charge in [-0.05, 0) is 26.0 Å². The fourth-order valence-electron chi connectivity index (χ4n) is 1.89. The lowest BCUT2D eigenvalue weighted by atomic mass is 10.1. The summed E-state index contributed by atoms with van der Waals surface area (Å²) < 4.78 is 0. The topological polar surface area (TPSA) is 115 Å². The maximum Gasteiger partial charge on any atom is 0.339 e. The van der Waals surface area contributed by atoms with E-state index in [-0.39, 0.29) is 11.3 Å². The lowest BCUT2D eigenvalue weighted by Gasteiger charge is -2.09. The molecule has 0 aliphatic heterocycles. The highest BCUT2D eigenvalue weighted by atomic mass is 16.4. The van der Waals surface area contributed by atoms with Crippen LogP contribution in [0.3, 0.4) is 0 Å². The molecule has 0 aliphatic carbocycles. The van der Waals surface area contributed by atoms with Crippen molar-refractivity contribution in [3.05, 3.63) is 40.7 Å². The van der Waals surface area contributed by atoms with E-state index in [9.17, 15) is 14.7 Å². The zero-order valence-corrected chi connectivity index (χ0v) is 10.9. The van der Waals surface area contributed by atoms with Crippen LogP contribution in [0.25, 0.3) is 0 Å². The molecule has 20 heavy (non-hydrogen) atoms. The molecule has 1 amide bonds. The number of para-hydroxylation sites is 1. The van der Waals surface area contributed by atoms with Crippen LogP contribution in [0.15, 0.2) is 18.2 Å². The van der Waals surface area contributed by atoms with Gasteiger partial charge in [0.1, 0.15) is 5.56 Å². The molecule has 2 rings (SSSR count). The van der Waals surface area contributed by atoms with Crippen LogP contribution in [0, 0.1) is 13.8 Å². The Morgan fingerprint density at radius 2 is 2.00 bits per heavy atom. The normalized spacial score (nSPS) is 10.3. The summed E-state index contributed by atoms with van der Waals surface area (Å²) in [6, 6.07) is 4.11. The van der Waals surface area contributed by atoms with E-state index >= 15 is 0 Å². The number of carbonyl (C=O) groups excluding carboxylic acids is 1. The number of anilines is 1. The number of carboxylic acids is 1. The number of benzene rings is 1. The Kier molecular flexibility index (Phi) is 3.43. The average Bonchev–Trinajstić information content (AvgIpc) is 2.71. The summed E-state index contributed by atoms with van der Waals surface area (Å²) in [7, 11) is 0. The molecule has 7 heteroatoms. The molecule has 4 N–H and O–H groups in total. The Morgan fingerprint density at radius 1 is 1.30 bits per heavy atom. The molecule has 0 unspecified atom stereocenters. The van der Waals surface area contributed by atoms with Crippen LogP contribution in [0.4, 0.5) is 5.69 Å². The quantitative estimate of drug-likeness (QED) is 0.636. The van der Waals surface area contributed by atoms with E-state index in [2.05, 4.69) is 15.5 Å². The monoisotopic (exact) mass is 275 g/mol. The highest BCUT2D eigenvalue weighted by Gasteiger charge is 2.19. The van der Waals surface area contributed by atoms with Gasteiger partial charge in [-0.3, -0.25) is 9.89 Å². The number of phenols is 1. The van der Waals surface area contributed by atoms with Gasteiger partial charge in [-0.2, -0.15) is 5.10 Å².